The van der Waals surface area contributed by atoms with Crippen molar-refractivity contribution in [3.05, 3.63) is 16.7 Å². The molecular weight excluding hydrogens is 192 g/mol. The Morgan fingerprint density at radius 3 is 2.87 bits per heavy atom. The lowest BCUT2D eigenvalue weighted by molar-refractivity contribution is 0.531. The lowest BCUT2D eigenvalue weighted by atomic mass is 10.0. The number of nitrogen functional groups attached to an aromatic ring is 1. The van der Waals surface area contributed by atoms with E-state index in [1.54, 1.807) is 0 Å². The van der Waals surface area contributed by atoms with Crippen LogP contribution >= 0.6 is 0 Å². The highest BCUT2D eigenvalue weighted by Gasteiger charge is 2.29. The monoisotopic (exact) mass is 208 g/mol. The van der Waals surface area contributed by atoms with Crippen LogP contribution in [0, 0.1) is 0 Å². The van der Waals surface area contributed by atoms with Gasteiger partial charge < -0.3 is 16.0 Å². The van der Waals surface area contributed by atoms with Gasteiger partial charge in [-0.3, -0.25) is 4.79 Å². The summed E-state index contributed by atoms with van der Waals surface area (Å²) in [6, 6.07) is 0. The topological polar surface area (TPSA) is 83.8 Å². The van der Waals surface area contributed by atoms with Gasteiger partial charge >= 0.3 is 0 Å². The van der Waals surface area contributed by atoms with E-state index in [2.05, 4.69) is 22.2 Å². The third kappa shape index (κ3) is 1.95. The number of aromatic amines is 1. The van der Waals surface area contributed by atoms with E-state index in [0.717, 1.165) is 12.8 Å². The molecule has 0 amide bonds. The summed E-state index contributed by atoms with van der Waals surface area (Å²) in [7, 11) is 0. The summed E-state index contributed by atoms with van der Waals surface area (Å²) in [6.45, 7) is 2.14. The molecule has 1 heterocycles. The molecule has 0 radical (unpaired) electrons. The van der Waals surface area contributed by atoms with Crippen molar-refractivity contribution in [2.45, 2.75) is 38.1 Å². The van der Waals surface area contributed by atoms with E-state index in [1.807, 2.05) is 0 Å². The number of hydrogen-bond donors (Lipinski definition) is 3. The molecule has 0 atom stereocenters. The average molecular weight is 208 g/mol. The van der Waals surface area contributed by atoms with Gasteiger partial charge in [-0.1, -0.05) is 12.8 Å². The Morgan fingerprint density at radius 1 is 1.53 bits per heavy atom. The Labute approximate surface area is 88.1 Å². The fourth-order valence-corrected chi connectivity index (χ4v) is 2.08. The zero-order valence-electron chi connectivity index (χ0n) is 8.84. The lowest BCUT2D eigenvalue weighted by Crippen LogP contribution is -2.32. The minimum absolute atomic E-state index is 0.0366. The summed E-state index contributed by atoms with van der Waals surface area (Å²) in [5.74, 6) is 0.503. The maximum absolute atomic E-state index is 11.3. The van der Waals surface area contributed by atoms with Crippen LogP contribution in [0.15, 0.2) is 11.1 Å². The van der Waals surface area contributed by atoms with Crippen molar-refractivity contribution in [1.29, 1.82) is 0 Å². The number of nitrogens with two attached hydrogens (primary N) is 1. The van der Waals surface area contributed by atoms with Crippen LogP contribution in [0.4, 0.5) is 11.5 Å². The molecule has 1 fully saturated rings. The quantitative estimate of drug-likeness (QED) is 0.679. The van der Waals surface area contributed by atoms with Gasteiger partial charge in [-0.25, -0.2) is 4.98 Å². The number of hydrogen-bond acceptors (Lipinski definition) is 4. The van der Waals surface area contributed by atoms with E-state index >= 15 is 0 Å². The maximum Gasteiger partial charge on any atom is 0.276 e. The van der Waals surface area contributed by atoms with E-state index in [1.165, 1.54) is 19.2 Å². The van der Waals surface area contributed by atoms with Gasteiger partial charge in [0.25, 0.3) is 5.56 Å². The van der Waals surface area contributed by atoms with Crippen molar-refractivity contribution in [3.8, 4) is 0 Å². The van der Waals surface area contributed by atoms with Crippen molar-refractivity contribution in [1.82, 2.24) is 9.97 Å². The standard InChI is InChI=1S/C10H16N4O/c1-10(4-2-3-5-10)14-8-7(11)9(15)13-6-12-8/h6H,2-5,11H2,1H3,(H2,12,13,14,15). The normalized spacial score (nSPS) is 19.0. The highest BCUT2D eigenvalue weighted by Crippen LogP contribution is 2.32. The summed E-state index contributed by atoms with van der Waals surface area (Å²) in [5, 5.41) is 3.27. The zero-order valence-corrected chi connectivity index (χ0v) is 8.84. The average Bonchev–Trinajstić information content (AvgIpc) is 2.60. The molecule has 4 N–H and O–H groups in total. The van der Waals surface area contributed by atoms with Gasteiger partial charge in [0, 0.05) is 5.54 Å². The minimum atomic E-state index is -0.283. The fraction of sp³-hybridized carbons (Fsp3) is 0.600. The van der Waals surface area contributed by atoms with Crippen LogP contribution in [0.2, 0.25) is 0 Å². The van der Waals surface area contributed by atoms with E-state index in [9.17, 15) is 4.79 Å². The second kappa shape index (κ2) is 3.56. The SMILES string of the molecule is CC1(Nc2nc[nH]c(=O)c2N)CCCC1. The van der Waals surface area contributed by atoms with Crippen molar-refractivity contribution in [2.24, 2.45) is 0 Å². The second-order valence-electron chi connectivity index (χ2n) is 4.39. The van der Waals surface area contributed by atoms with Gasteiger partial charge in [0.15, 0.2) is 5.82 Å². The molecule has 0 saturated heterocycles. The van der Waals surface area contributed by atoms with Gasteiger partial charge in [0.05, 0.1) is 6.33 Å². The molecule has 1 aromatic heterocycles. The fourth-order valence-electron chi connectivity index (χ4n) is 2.08. The molecule has 0 unspecified atom stereocenters. The second-order valence-corrected chi connectivity index (χ2v) is 4.39. The van der Waals surface area contributed by atoms with Gasteiger partial charge in [-0.15, -0.1) is 0 Å². The van der Waals surface area contributed by atoms with Crippen LogP contribution in [-0.4, -0.2) is 15.5 Å². The number of rotatable bonds is 2. The number of aromatic nitrogens is 2. The van der Waals surface area contributed by atoms with Crippen molar-refractivity contribution < 1.29 is 0 Å². The molecule has 2 rings (SSSR count). The molecule has 5 nitrogen and oxygen atoms in total. The highest BCUT2D eigenvalue weighted by molar-refractivity contribution is 5.60. The molecule has 1 aromatic rings. The first-order chi connectivity index (χ1) is 7.11. The molecule has 1 saturated carbocycles. The molecule has 15 heavy (non-hydrogen) atoms. The van der Waals surface area contributed by atoms with Crippen LogP contribution < -0.4 is 16.6 Å². The Balaban J connectivity index is 2.24. The number of anilines is 2. The lowest BCUT2D eigenvalue weighted by Gasteiger charge is -2.26. The number of nitrogens with zero attached hydrogens (tertiary/aromatic N) is 1. The summed E-state index contributed by atoms with van der Waals surface area (Å²) < 4.78 is 0. The molecule has 0 aromatic carbocycles. The molecule has 1 aliphatic carbocycles. The molecule has 5 heteroatoms. The Morgan fingerprint density at radius 2 is 2.20 bits per heavy atom. The minimum Gasteiger partial charge on any atom is -0.391 e. The first kappa shape index (κ1) is 10.0. The van der Waals surface area contributed by atoms with Crippen LogP contribution in [0.25, 0.3) is 0 Å². The molecule has 0 spiro atoms. The number of H-pyrrole nitrogens is 1. The maximum atomic E-state index is 11.3. The van der Waals surface area contributed by atoms with E-state index < -0.39 is 0 Å². The van der Waals surface area contributed by atoms with Crippen LogP contribution in [-0.2, 0) is 0 Å². The third-order valence-electron chi connectivity index (χ3n) is 3.02. The van der Waals surface area contributed by atoms with Crippen molar-refractivity contribution >= 4 is 11.5 Å². The Bertz CT molecular complexity index is 406. The van der Waals surface area contributed by atoms with E-state index in [-0.39, 0.29) is 16.8 Å². The molecule has 1 aliphatic rings. The van der Waals surface area contributed by atoms with Gasteiger partial charge in [0.1, 0.15) is 5.69 Å². The summed E-state index contributed by atoms with van der Waals surface area (Å²) in [4.78, 5) is 17.8. The van der Waals surface area contributed by atoms with E-state index in [0.29, 0.717) is 5.82 Å². The smallest absolute Gasteiger partial charge is 0.276 e. The molecule has 82 valence electrons. The Kier molecular flexibility index (Phi) is 2.38. The van der Waals surface area contributed by atoms with Crippen LogP contribution in [0.5, 0.6) is 0 Å². The van der Waals surface area contributed by atoms with Gasteiger partial charge in [-0.05, 0) is 19.8 Å². The summed E-state index contributed by atoms with van der Waals surface area (Å²) >= 11 is 0. The molecule has 0 aliphatic heterocycles. The summed E-state index contributed by atoms with van der Waals surface area (Å²) in [6.07, 6.45) is 6.00. The van der Waals surface area contributed by atoms with Crippen LogP contribution in [0.3, 0.4) is 0 Å². The highest BCUT2D eigenvalue weighted by atomic mass is 16.1. The zero-order chi connectivity index (χ0) is 10.9. The predicted molar refractivity (Wildman–Crippen MR) is 59.8 cm³/mol. The van der Waals surface area contributed by atoms with Crippen molar-refractivity contribution in [3.63, 3.8) is 0 Å². The molecular formula is C10H16N4O. The molecule has 0 bridgehead atoms. The summed E-state index contributed by atoms with van der Waals surface area (Å²) in [5.41, 5.74) is 5.58. The number of nitrogens with one attached hydrogen (secondary N) is 2. The van der Waals surface area contributed by atoms with E-state index in [4.69, 9.17) is 5.73 Å². The Hall–Kier alpha value is -1.52. The first-order valence-electron chi connectivity index (χ1n) is 5.22. The van der Waals surface area contributed by atoms with Crippen molar-refractivity contribution in [2.75, 3.05) is 11.1 Å². The largest absolute Gasteiger partial charge is 0.391 e. The first-order valence-corrected chi connectivity index (χ1v) is 5.22. The van der Waals surface area contributed by atoms with Gasteiger partial charge in [0.2, 0.25) is 0 Å². The van der Waals surface area contributed by atoms with Crippen LogP contribution in [0.1, 0.15) is 32.6 Å². The van der Waals surface area contributed by atoms with Gasteiger partial charge in [-0.2, -0.15) is 0 Å². The predicted octanol–water partition coefficient (Wildman–Crippen LogP) is 1.10. The third-order valence-corrected chi connectivity index (χ3v) is 3.02.